The largest absolute Gasteiger partial charge is 0.390 e. The Kier molecular flexibility index (Phi) is 2.43. The summed E-state index contributed by atoms with van der Waals surface area (Å²) in [6.45, 7) is 3.34. The molecule has 1 aromatic rings. The van der Waals surface area contributed by atoms with Crippen LogP contribution >= 0.6 is 0 Å². The molecule has 1 fully saturated rings. The van der Waals surface area contributed by atoms with Crippen LogP contribution in [0.1, 0.15) is 36.7 Å². The van der Waals surface area contributed by atoms with E-state index < -0.39 is 0 Å². The topological polar surface area (TPSA) is 69.2 Å². The van der Waals surface area contributed by atoms with Crippen molar-refractivity contribution >= 4 is 5.91 Å². The molecule has 1 aliphatic carbocycles. The Bertz CT molecular complexity index is 449. The van der Waals surface area contributed by atoms with E-state index in [9.17, 15) is 4.79 Å². The molecule has 1 saturated carbocycles. The van der Waals surface area contributed by atoms with Gasteiger partial charge in [0.15, 0.2) is 0 Å². The predicted molar refractivity (Wildman–Crippen MR) is 60.7 cm³/mol. The van der Waals surface area contributed by atoms with Crippen LogP contribution in [0.3, 0.4) is 0 Å². The fraction of sp³-hybridized carbons (Fsp3) is 0.667. The van der Waals surface area contributed by atoms with Crippen LogP contribution in [0.4, 0.5) is 0 Å². The molecule has 0 saturated heterocycles. The summed E-state index contributed by atoms with van der Waals surface area (Å²) in [4.78, 5) is 14.0. The van der Waals surface area contributed by atoms with Crippen LogP contribution in [0.2, 0.25) is 0 Å². The molecule has 5 heteroatoms. The Morgan fingerprint density at radius 3 is 2.94 bits per heavy atom. The van der Waals surface area contributed by atoms with Crippen LogP contribution in [0.25, 0.3) is 0 Å². The van der Waals surface area contributed by atoms with E-state index in [0.717, 1.165) is 24.1 Å². The quantitative estimate of drug-likeness (QED) is 0.796. The maximum atomic E-state index is 12.2. The molecule has 3 rings (SSSR count). The van der Waals surface area contributed by atoms with E-state index in [2.05, 4.69) is 17.1 Å². The number of carbonyl (C=O) groups is 1. The number of rotatable bonds is 2. The first-order valence-electron chi connectivity index (χ1n) is 6.13. The Hall–Kier alpha value is -1.36. The normalized spacial score (nSPS) is 26.8. The number of amides is 1. The van der Waals surface area contributed by atoms with Crippen LogP contribution in [-0.2, 0) is 24.5 Å². The average Bonchev–Trinajstić information content (AvgIpc) is 2.82. The predicted octanol–water partition coefficient (Wildman–Crippen LogP) is 0.790. The molecule has 2 aliphatic rings. The van der Waals surface area contributed by atoms with Crippen molar-refractivity contribution in [3.05, 3.63) is 17.0 Å². The molecule has 1 aliphatic heterocycles. The second-order valence-corrected chi connectivity index (χ2v) is 5.25. The number of aromatic nitrogens is 2. The van der Waals surface area contributed by atoms with Crippen molar-refractivity contribution in [3.63, 3.8) is 0 Å². The maximum Gasteiger partial charge on any atom is 0.226 e. The highest BCUT2D eigenvalue weighted by molar-refractivity contribution is 5.80. The number of fused-ring (bicyclic) bond motifs is 1. The summed E-state index contributed by atoms with van der Waals surface area (Å²) in [6, 6.07) is 0. The number of hydrogen-bond acceptors (Lipinski definition) is 3. The number of carbonyl (C=O) groups excluding carboxylic acids is 1. The number of aliphatic hydroxyl groups is 1. The van der Waals surface area contributed by atoms with E-state index >= 15 is 0 Å². The van der Waals surface area contributed by atoms with Gasteiger partial charge in [-0.05, 0) is 18.8 Å². The zero-order chi connectivity index (χ0) is 12.0. The monoisotopic (exact) mass is 235 g/mol. The van der Waals surface area contributed by atoms with Crippen molar-refractivity contribution < 1.29 is 9.90 Å². The lowest BCUT2D eigenvalue weighted by atomic mass is 9.75. The van der Waals surface area contributed by atoms with Gasteiger partial charge in [0.2, 0.25) is 5.91 Å². The summed E-state index contributed by atoms with van der Waals surface area (Å²) in [7, 11) is 0. The summed E-state index contributed by atoms with van der Waals surface area (Å²) in [5.41, 5.74) is 2.67. The third kappa shape index (κ3) is 1.65. The summed E-state index contributed by atoms with van der Waals surface area (Å²) >= 11 is 0. The standard InChI is InChI=1S/C12H17N3O2/c1-7-2-8(3-7)12(17)15-4-9-10(5-15)13-14-11(9)6-16/h7-8,16H,2-6H2,1H3,(H,13,14). The molecular formula is C12H17N3O2. The van der Waals surface area contributed by atoms with Gasteiger partial charge in [0.25, 0.3) is 0 Å². The molecule has 1 aromatic heterocycles. The van der Waals surface area contributed by atoms with Crippen LogP contribution in [-0.4, -0.2) is 26.1 Å². The van der Waals surface area contributed by atoms with Crippen LogP contribution in [0.5, 0.6) is 0 Å². The van der Waals surface area contributed by atoms with Gasteiger partial charge >= 0.3 is 0 Å². The minimum absolute atomic E-state index is 0.0612. The van der Waals surface area contributed by atoms with Crippen LogP contribution in [0, 0.1) is 11.8 Å². The zero-order valence-corrected chi connectivity index (χ0v) is 9.94. The fourth-order valence-corrected chi connectivity index (χ4v) is 2.85. The fourth-order valence-electron chi connectivity index (χ4n) is 2.85. The van der Waals surface area contributed by atoms with E-state index in [4.69, 9.17) is 5.11 Å². The SMILES string of the molecule is CC1CC(C(=O)N2Cc3[nH]nc(CO)c3C2)C1. The molecule has 0 bridgehead atoms. The van der Waals surface area contributed by atoms with Gasteiger partial charge in [0, 0.05) is 18.0 Å². The molecule has 0 atom stereocenters. The van der Waals surface area contributed by atoms with E-state index in [0.29, 0.717) is 24.7 Å². The molecule has 2 heterocycles. The molecule has 2 N–H and O–H groups in total. The van der Waals surface area contributed by atoms with Crippen molar-refractivity contribution in [2.45, 2.75) is 39.5 Å². The molecule has 17 heavy (non-hydrogen) atoms. The first-order chi connectivity index (χ1) is 8.19. The van der Waals surface area contributed by atoms with Crippen LogP contribution in [0.15, 0.2) is 0 Å². The lowest BCUT2D eigenvalue weighted by molar-refractivity contribution is -0.140. The van der Waals surface area contributed by atoms with Crippen molar-refractivity contribution in [2.24, 2.45) is 11.8 Å². The lowest BCUT2D eigenvalue weighted by Gasteiger charge is -2.34. The van der Waals surface area contributed by atoms with Gasteiger partial charge < -0.3 is 10.0 Å². The second kappa shape index (κ2) is 3.84. The first-order valence-corrected chi connectivity index (χ1v) is 6.13. The Morgan fingerprint density at radius 1 is 1.53 bits per heavy atom. The average molecular weight is 235 g/mol. The van der Waals surface area contributed by atoms with Crippen LogP contribution < -0.4 is 0 Å². The maximum absolute atomic E-state index is 12.2. The smallest absolute Gasteiger partial charge is 0.226 e. The van der Waals surface area contributed by atoms with Gasteiger partial charge in [-0.2, -0.15) is 5.10 Å². The molecular weight excluding hydrogens is 218 g/mol. The molecule has 92 valence electrons. The van der Waals surface area contributed by atoms with Gasteiger partial charge in [0.05, 0.1) is 24.5 Å². The van der Waals surface area contributed by atoms with Gasteiger partial charge in [-0.1, -0.05) is 6.92 Å². The summed E-state index contributed by atoms with van der Waals surface area (Å²) < 4.78 is 0. The highest BCUT2D eigenvalue weighted by atomic mass is 16.3. The number of aliphatic hydroxyl groups excluding tert-OH is 1. The van der Waals surface area contributed by atoms with Crippen molar-refractivity contribution in [1.82, 2.24) is 15.1 Å². The van der Waals surface area contributed by atoms with Crippen molar-refractivity contribution in [2.75, 3.05) is 0 Å². The number of H-pyrrole nitrogens is 1. The first kappa shape index (κ1) is 10.8. The van der Waals surface area contributed by atoms with E-state index in [-0.39, 0.29) is 18.4 Å². The Labute approximate surface area is 99.8 Å². The highest BCUT2D eigenvalue weighted by Gasteiger charge is 2.37. The molecule has 1 amide bonds. The minimum atomic E-state index is -0.0612. The second-order valence-electron chi connectivity index (χ2n) is 5.25. The Morgan fingerprint density at radius 2 is 2.29 bits per heavy atom. The molecule has 0 aromatic carbocycles. The minimum Gasteiger partial charge on any atom is -0.390 e. The van der Waals surface area contributed by atoms with E-state index in [1.54, 1.807) is 0 Å². The number of nitrogens with one attached hydrogen (secondary N) is 1. The summed E-state index contributed by atoms with van der Waals surface area (Å²) in [5, 5.41) is 16.1. The Balaban J connectivity index is 1.69. The summed E-state index contributed by atoms with van der Waals surface area (Å²) in [6.07, 6.45) is 2.04. The third-order valence-electron chi connectivity index (χ3n) is 3.92. The third-order valence-corrected chi connectivity index (χ3v) is 3.92. The highest BCUT2D eigenvalue weighted by Crippen LogP contribution is 2.36. The van der Waals surface area contributed by atoms with Crippen molar-refractivity contribution in [1.29, 1.82) is 0 Å². The number of hydrogen-bond donors (Lipinski definition) is 2. The summed E-state index contributed by atoms with van der Waals surface area (Å²) in [5.74, 6) is 1.18. The van der Waals surface area contributed by atoms with E-state index in [1.165, 1.54) is 0 Å². The lowest BCUT2D eigenvalue weighted by Crippen LogP contribution is -2.38. The molecule has 0 radical (unpaired) electrons. The van der Waals surface area contributed by atoms with E-state index in [1.807, 2.05) is 4.90 Å². The molecule has 0 unspecified atom stereocenters. The van der Waals surface area contributed by atoms with Gasteiger partial charge in [0.1, 0.15) is 0 Å². The number of aromatic amines is 1. The van der Waals surface area contributed by atoms with Gasteiger partial charge in [-0.3, -0.25) is 9.89 Å². The molecule has 0 spiro atoms. The van der Waals surface area contributed by atoms with Crippen molar-refractivity contribution in [3.8, 4) is 0 Å². The van der Waals surface area contributed by atoms with Gasteiger partial charge in [-0.25, -0.2) is 0 Å². The van der Waals surface area contributed by atoms with Gasteiger partial charge in [-0.15, -0.1) is 0 Å². The molecule has 5 nitrogen and oxygen atoms in total. The zero-order valence-electron chi connectivity index (χ0n) is 9.94. The number of nitrogens with zero attached hydrogens (tertiary/aromatic N) is 2.